The van der Waals surface area contributed by atoms with E-state index in [2.05, 4.69) is 36.2 Å². The minimum absolute atomic E-state index is 0.102. The highest BCUT2D eigenvalue weighted by atomic mass is 16.5. The summed E-state index contributed by atoms with van der Waals surface area (Å²) in [6.07, 6.45) is 26.2. The van der Waals surface area contributed by atoms with Gasteiger partial charge in [0.15, 0.2) is 0 Å². The fraction of sp³-hybridized carbons (Fsp3) is 0.583. The van der Waals surface area contributed by atoms with Crippen LogP contribution >= 0.6 is 0 Å². The number of nitrogens with zero attached hydrogens (tertiary/aromatic N) is 1. The largest absolute Gasteiger partial charge is 0.461 e. The third-order valence-electron chi connectivity index (χ3n) is 4.44. The molecule has 0 fully saturated rings. The average molecular weight is 372 g/mol. The summed E-state index contributed by atoms with van der Waals surface area (Å²) in [7, 11) is 0. The van der Waals surface area contributed by atoms with Crippen LogP contribution in [0.3, 0.4) is 0 Å². The second kappa shape index (κ2) is 17.5. The lowest BCUT2D eigenvalue weighted by molar-refractivity contribution is -0.145. The van der Waals surface area contributed by atoms with Gasteiger partial charge in [-0.2, -0.15) is 0 Å². The molecule has 0 amide bonds. The number of carbonyl (C=O) groups excluding carboxylic acids is 1. The van der Waals surface area contributed by atoms with Crippen LogP contribution in [0.15, 0.2) is 48.8 Å². The van der Waals surface area contributed by atoms with Crippen molar-refractivity contribution in [1.82, 2.24) is 4.98 Å². The van der Waals surface area contributed by atoms with Gasteiger partial charge in [0, 0.05) is 24.4 Å². The van der Waals surface area contributed by atoms with E-state index in [1.165, 1.54) is 51.4 Å². The van der Waals surface area contributed by atoms with Crippen LogP contribution in [0.25, 0.3) is 0 Å². The highest BCUT2D eigenvalue weighted by Gasteiger charge is 2.03. The lowest BCUT2D eigenvalue weighted by Crippen LogP contribution is -2.04. The van der Waals surface area contributed by atoms with Gasteiger partial charge in [-0.25, -0.2) is 0 Å². The van der Waals surface area contributed by atoms with Crippen LogP contribution < -0.4 is 0 Å². The standard InChI is InChI=1S/C24H37NO2/c1-2-3-4-5-6-7-8-9-10-11-12-13-14-15-16-19-24(26)27-22-23-18-17-20-25-21-23/h4-5,7-8,17-18,20-21H,2-3,6,9-16,19,22H2,1H3/b5-4-,8-7-. The molecule has 27 heavy (non-hydrogen) atoms. The molecule has 0 aromatic carbocycles. The molecule has 0 saturated heterocycles. The predicted octanol–water partition coefficient (Wildman–Crippen LogP) is 6.94. The molecule has 0 bridgehead atoms. The smallest absolute Gasteiger partial charge is 0.306 e. The zero-order valence-electron chi connectivity index (χ0n) is 17.1. The van der Waals surface area contributed by atoms with Gasteiger partial charge in [0.25, 0.3) is 0 Å². The maximum atomic E-state index is 11.7. The van der Waals surface area contributed by atoms with E-state index in [4.69, 9.17) is 4.74 Å². The zero-order chi connectivity index (χ0) is 19.4. The Hall–Kier alpha value is -1.90. The van der Waals surface area contributed by atoms with Crippen LogP contribution in [-0.2, 0) is 16.1 Å². The molecule has 1 rings (SSSR count). The van der Waals surface area contributed by atoms with Crippen molar-refractivity contribution in [2.24, 2.45) is 0 Å². The molecular formula is C24H37NO2. The maximum Gasteiger partial charge on any atom is 0.306 e. The molecule has 3 nitrogen and oxygen atoms in total. The number of aromatic nitrogens is 1. The van der Waals surface area contributed by atoms with Crippen molar-refractivity contribution in [2.75, 3.05) is 0 Å². The van der Waals surface area contributed by atoms with Crippen LogP contribution in [0.1, 0.15) is 89.5 Å². The lowest BCUT2D eigenvalue weighted by atomic mass is 10.1. The maximum absolute atomic E-state index is 11.7. The molecule has 0 unspecified atom stereocenters. The molecule has 1 aromatic heterocycles. The van der Waals surface area contributed by atoms with Gasteiger partial charge in [0.2, 0.25) is 0 Å². The topological polar surface area (TPSA) is 39.2 Å². The number of ether oxygens (including phenoxy) is 1. The van der Waals surface area contributed by atoms with Gasteiger partial charge in [-0.15, -0.1) is 0 Å². The van der Waals surface area contributed by atoms with Gasteiger partial charge in [-0.1, -0.05) is 75.8 Å². The summed E-state index contributed by atoms with van der Waals surface area (Å²) in [6.45, 7) is 2.54. The van der Waals surface area contributed by atoms with Gasteiger partial charge in [-0.05, 0) is 38.2 Å². The van der Waals surface area contributed by atoms with E-state index in [0.29, 0.717) is 13.0 Å². The molecule has 0 atom stereocenters. The molecule has 3 heteroatoms. The molecule has 1 aromatic rings. The summed E-state index contributed by atoms with van der Waals surface area (Å²) in [5.41, 5.74) is 0.939. The second-order valence-corrected chi connectivity index (χ2v) is 7.00. The van der Waals surface area contributed by atoms with E-state index in [0.717, 1.165) is 24.8 Å². The van der Waals surface area contributed by atoms with E-state index in [1.54, 1.807) is 12.4 Å². The third kappa shape index (κ3) is 14.9. The van der Waals surface area contributed by atoms with Crippen LogP contribution in [0, 0.1) is 0 Å². The summed E-state index contributed by atoms with van der Waals surface area (Å²) in [6, 6.07) is 3.77. The number of unbranched alkanes of at least 4 members (excludes halogenated alkanes) is 8. The van der Waals surface area contributed by atoms with Crippen molar-refractivity contribution in [1.29, 1.82) is 0 Å². The second-order valence-electron chi connectivity index (χ2n) is 7.00. The summed E-state index contributed by atoms with van der Waals surface area (Å²) >= 11 is 0. The zero-order valence-corrected chi connectivity index (χ0v) is 17.1. The van der Waals surface area contributed by atoms with Crippen molar-refractivity contribution < 1.29 is 9.53 Å². The number of hydrogen-bond acceptors (Lipinski definition) is 3. The SMILES string of the molecule is CCC/C=C\C/C=C\CCCCCCCCCC(=O)OCc1cccnc1. The summed E-state index contributed by atoms with van der Waals surface area (Å²) in [5, 5.41) is 0. The normalized spacial score (nSPS) is 11.4. The molecular weight excluding hydrogens is 334 g/mol. The fourth-order valence-electron chi connectivity index (χ4n) is 2.81. The fourth-order valence-corrected chi connectivity index (χ4v) is 2.81. The Bertz CT molecular complexity index is 522. The van der Waals surface area contributed by atoms with E-state index < -0.39 is 0 Å². The van der Waals surface area contributed by atoms with E-state index in [9.17, 15) is 4.79 Å². The molecule has 0 radical (unpaired) electrons. The first-order valence-electron chi connectivity index (χ1n) is 10.7. The molecule has 150 valence electrons. The van der Waals surface area contributed by atoms with Crippen molar-refractivity contribution in [3.05, 3.63) is 54.4 Å². The highest BCUT2D eigenvalue weighted by Crippen LogP contribution is 2.11. The molecule has 0 saturated carbocycles. The van der Waals surface area contributed by atoms with Crippen LogP contribution in [0.2, 0.25) is 0 Å². The van der Waals surface area contributed by atoms with Crippen LogP contribution in [0.5, 0.6) is 0 Å². The Balaban J connectivity index is 1.83. The number of pyridine rings is 1. The van der Waals surface area contributed by atoms with E-state index >= 15 is 0 Å². The Kier molecular flexibility index (Phi) is 15.0. The van der Waals surface area contributed by atoms with Crippen LogP contribution in [-0.4, -0.2) is 11.0 Å². The average Bonchev–Trinajstić information content (AvgIpc) is 2.70. The number of allylic oxidation sites excluding steroid dienone is 4. The molecule has 1 heterocycles. The summed E-state index contributed by atoms with van der Waals surface area (Å²) in [4.78, 5) is 15.7. The van der Waals surface area contributed by atoms with E-state index in [-0.39, 0.29) is 5.97 Å². The van der Waals surface area contributed by atoms with Gasteiger partial charge < -0.3 is 4.74 Å². The number of carbonyl (C=O) groups is 1. The Morgan fingerprint density at radius 3 is 2.37 bits per heavy atom. The van der Waals surface area contributed by atoms with Crippen molar-refractivity contribution in [3.8, 4) is 0 Å². The Labute approximate surface area is 165 Å². The Morgan fingerprint density at radius 1 is 0.963 bits per heavy atom. The minimum atomic E-state index is -0.102. The number of hydrogen-bond donors (Lipinski definition) is 0. The van der Waals surface area contributed by atoms with Gasteiger partial charge in [0.05, 0.1) is 0 Å². The van der Waals surface area contributed by atoms with Gasteiger partial charge >= 0.3 is 5.97 Å². The number of rotatable bonds is 16. The van der Waals surface area contributed by atoms with Crippen molar-refractivity contribution in [2.45, 2.75) is 90.6 Å². The first kappa shape index (κ1) is 23.1. The molecule has 0 aliphatic carbocycles. The first-order valence-corrected chi connectivity index (χ1v) is 10.7. The Morgan fingerprint density at radius 2 is 1.67 bits per heavy atom. The van der Waals surface area contributed by atoms with Gasteiger partial charge in [-0.3, -0.25) is 9.78 Å². The number of esters is 1. The monoisotopic (exact) mass is 371 g/mol. The molecule has 0 spiro atoms. The lowest BCUT2D eigenvalue weighted by Gasteiger charge is -2.05. The molecule has 0 aliphatic heterocycles. The van der Waals surface area contributed by atoms with Crippen molar-refractivity contribution >= 4 is 5.97 Å². The molecule has 0 aliphatic rings. The first-order chi connectivity index (χ1) is 13.3. The van der Waals surface area contributed by atoms with E-state index in [1.807, 2.05) is 12.1 Å². The van der Waals surface area contributed by atoms with Crippen molar-refractivity contribution in [3.63, 3.8) is 0 Å². The van der Waals surface area contributed by atoms with Crippen LogP contribution in [0.4, 0.5) is 0 Å². The predicted molar refractivity (Wildman–Crippen MR) is 113 cm³/mol. The third-order valence-corrected chi connectivity index (χ3v) is 4.44. The summed E-state index contributed by atoms with van der Waals surface area (Å²) < 4.78 is 5.26. The highest BCUT2D eigenvalue weighted by molar-refractivity contribution is 5.69. The minimum Gasteiger partial charge on any atom is -0.461 e. The molecule has 0 N–H and O–H groups in total. The van der Waals surface area contributed by atoms with Gasteiger partial charge in [0.1, 0.15) is 6.61 Å². The quantitative estimate of drug-likeness (QED) is 0.179. The summed E-state index contributed by atoms with van der Waals surface area (Å²) in [5.74, 6) is -0.102.